The third kappa shape index (κ3) is 2.82. The van der Waals surface area contributed by atoms with Gasteiger partial charge in [-0.3, -0.25) is 19.8 Å². The number of pyridine rings is 1. The molecule has 1 saturated heterocycles. The van der Waals surface area contributed by atoms with Gasteiger partial charge in [0.25, 0.3) is 5.69 Å². The zero-order valence-corrected chi connectivity index (χ0v) is 14.0. The Bertz CT molecular complexity index is 928. The lowest BCUT2D eigenvalue weighted by Crippen LogP contribution is -2.33. The van der Waals surface area contributed by atoms with E-state index in [2.05, 4.69) is 21.2 Å². The molecule has 1 aliphatic heterocycles. The van der Waals surface area contributed by atoms with Gasteiger partial charge in [0.05, 0.1) is 22.2 Å². The second-order valence-corrected chi connectivity index (χ2v) is 6.47. The number of aromatic nitrogens is 3. The van der Waals surface area contributed by atoms with E-state index in [1.54, 1.807) is 24.4 Å². The quantitative estimate of drug-likeness (QED) is 0.541. The second kappa shape index (κ2) is 6.16. The van der Waals surface area contributed by atoms with Crippen LogP contribution in [0, 0.1) is 10.1 Å². The number of hydrogen-bond acceptors (Lipinski definition) is 5. The molecule has 0 saturated carbocycles. The molecular weight excluding hydrogens is 318 g/mol. The van der Waals surface area contributed by atoms with Gasteiger partial charge in [-0.2, -0.15) is 5.10 Å². The first kappa shape index (κ1) is 15.6. The van der Waals surface area contributed by atoms with E-state index in [1.807, 2.05) is 24.0 Å². The lowest BCUT2D eigenvalue weighted by Gasteiger charge is -2.33. The Labute approximate surface area is 145 Å². The summed E-state index contributed by atoms with van der Waals surface area (Å²) in [6, 6.07) is 6.94. The van der Waals surface area contributed by atoms with E-state index < -0.39 is 0 Å². The van der Waals surface area contributed by atoms with Crippen molar-refractivity contribution in [1.29, 1.82) is 0 Å². The summed E-state index contributed by atoms with van der Waals surface area (Å²) in [5.41, 5.74) is 3.08. The molecule has 3 heterocycles. The molecule has 0 bridgehead atoms. The molecule has 0 amide bonds. The van der Waals surface area contributed by atoms with E-state index in [-0.39, 0.29) is 10.6 Å². The van der Waals surface area contributed by atoms with Crippen molar-refractivity contribution in [3.05, 3.63) is 58.5 Å². The molecule has 2 aromatic heterocycles. The lowest BCUT2D eigenvalue weighted by molar-refractivity contribution is -0.383. The van der Waals surface area contributed by atoms with Crippen molar-refractivity contribution < 1.29 is 4.92 Å². The van der Waals surface area contributed by atoms with Gasteiger partial charge in [-0.05, 0) is 42.5 Å². The standard InChI is InChI=1S/C18H19N5O2/c1-21-12-14(11-20-21)13-6-9-22(10-7-13)17-5-4-16(23(24)25)15-3-2-8-19-18(15)17/h2-5,8,11-13H,6-7,9-10H2,1H3. The summed E-state index contributed by atoms with van der Waals surface area (Å²) in [5.74, 6) is 0.516. The molecular formula is C18H19N5O2. The first-order valence-corrected chi connectivity index (χ1v) is 8.39. The Morgan fingerprint density at radius 3 is 2.72 bits per heavy atom. The predicted octanol–water partition coefficient (Wildman–Crippen LogP) is 3.26. The van der Waals surface area contributed by atoms with Crippen molar-refractivity contribution in [1.82, 2.24) is 14.8 Å². The molecule has 0 spiro atoms. The Morgan fingerprint density at radius 2 is 2.04 bits per heavy atom. The highest BCUT2D eigenvalue weighted by molar-refractivity contribution is 5.97. The molecule has 1 aromatic carbocycles. The molecule has 25 heavy (non-hydrogen) atoms. The zero-order valence-electron chi connectivity index (χ0n) is 14.0. The van der Waals surface area contributed by atoms with Crippen molar-refractivity contribution in [3.63, 3.8) is 0 Å². The fraction of sp³-hybridized carbons (Fsp3) is 0.333. The first-order chi connectivity index (χ1) is 12.1. The number of nitro benzene ring substituents is 1. The SMILES string of the molecule is Cn1cc(C2CCN(c3ccc([N+](=O)[O-])c4cccnc34)CC2)cn1. The molecule has 0 aliphatic carbocycles. The number of nitro groups is 1. The number of benzene rings is 1. The smallest absolute Gasteiger partial charge is 0.278 e. The van der Waals surface area contributed by atoms with Gasteiger partial charge in [-0.25, -0.2) is 0 Å². The van der Waals surface area contributed by atoms with Gasteiger partial charge in [0.15, 0.2) is 0 Å². The number of fused-ring (bicyclic) bond motifs is 1. The molecule has 7 heteroatoms. The summed E-state index contributed by atoms with van der Waals surface area (Å²) in [6.07, 6.45) is 7.80. The number of rotatable bonds is 3. The zero-order chi connectivity index (χ0) is 17.4. The Morgan fingerprint density at radius 1 is 1.24 bits per heavy atom. The Hall–Kier alpha value is -2.96. The highest BCUT2D eigenvalue weighted by atomic mass is 16.6. The molecule has 1 aliphatic rings. The normalized spacial score (nSPS) is 15.6. The monoisotopic (exact) mass is 337 g/mol. The molecule has 1 fully saturated rings. The average molecular weight is 337 g/mol. The third-order valence-corrected chi connectivity index (χ3v) is 4.95. The number of hydrogen-bond donors (Lipinski definition) is 0. The van der Waals surface area contributed by atoms with Crippen LogP contribution in [0.25, 0.3) is 10.9 Å². The molecule has 0 unspecified atom stereocenters. The van der Waals surface area contributed by atoms with Crippen molar-refractivity contribution in [3.8, 4) is 0 Å². The largest absolute Gasteiger partial charge is 0.370 e. The Balaban J connectivity index is 1.61. The summed E-state index contributed by atoms with van der Waals surface area (Å²) in [4.78, 5) is 17.6. The molecule has 4 rings (SSSR count). The highest BCUT2D eigenvalue weighted by Crippen LogP contribution is 2.35. The summed E-state index contributed by atoms with van der Waals surface area (Å²) < 4.78 is 1.84. The maximum Gasteiger partial charge on any atom is 0.278 e. The number of anilines is 1. The maximum absolute atomic E-state index is 11.3. The molecule has 0 radical (unpaired) electrons. The van der Waals surface area contributed by atoms with Crippen LogP contribution in [0.5, 0.6) is 0 Å². The van der Waals surface area contributed by atoms with Crippen LogP contribution in [0.2, 0.25) is 0 Å². The van der Waals surface area contributed by atoms with Gasteiger partial charge in [0, 0.05) is 38.6 Å². The fourth-order valence-electron chi connectivity index (χ4n) is 3.66. The van der Waals surface area contributed by atoms with Crippen LogP contribution >= 0.6 is 0 Å². The number of non-ortho nitro benzene ring substituents is 1. The van der Waals surface area contributed by atoms with Crippen molar-refractivity contribution >= 4 is 22.3 Å². The van der Waals surface area contributed by atoms with Crippen LogP contribution in [0.15, 0.2) is 42.9 Å². The molecule has 3 aromatic rings. The average Bonchev–Trinajstić information content (AvgIpc) is 3.07. The molecule has 0 atom stereocenters. The topological polar surface area (TPSA) is 77.1 Å². The van der Waals surface area contributed by atoms with E-state index in [0.29, 0.717) is 16.8 Å². The van der Waals surface area contributed by atoms with Crippen LogP contribution in [0.1, 0.15) is 24.3 Å². The van der Waals surface area contributed by atoms with Crippen LogP contribution in [-0.4, -0.2) is 32.8 Å². The van der Waals surface area contributed by atoms with Crippen molar-refractivity contribution in [2.24, 2.45) is 7.05 Å². The fourth-order valence-corrected chi connectivity index (χ4v) is 3.66. The minimum absolute atomic E-state index is 0.108. The number of aryl methyl sites for hydroxylation is 1. The van der Waals surface area contributed by atoms with Gasteiger partial charge in [-0.15, -0.1) is 0 Å². The number of piperidine rings is 1. The third-order valence-electron chi connectivity index (χ3n) is 4.95. The van der Waals surface area contributed by atoms with Gasteiger partial charge in [0.2, 0.25) is 0 Å². The molecule has 0 N–H and O–H groups in total. The summed E-state index contributed by atoms with van der Waals surface area (Å²) >= 11 is 0. The number of nitrogens with zero attached hydrogens (tertiary/aromatic N) is 5. The minimum Gasteiger partial charge on any atom is -0.370 e. The van der Waals surface area contributed by atoms with E-state index in [4.69, 9.17) is 0 Å². The lowest BCUT2D eigenvalue weighted by atomic mass is 9.91. The first-order valence-electron chi connectivity index (χ1n) is 8.39. The summed E-state index contributed by atoms with van der Waals surface area (Å²) in [5, 5.41) is 16.1. The van der Waals surface area contributed by atoms with Crippen LogP contribution in [0.4, 0.5) is 11.4 Å². The van der Waals surface area contributed by atoms with Gasteiger partial charge < -0.3 is 4.90 Å². The van der Waals surface area contributed by atoms with Gasteiger partial charge in [0.1, 0.15) is 5.52 Å². The van der Waals surface area contributed by atoms with E-state index in [0.717, 1.165) is 31.6 Å². The van der Waals surface area contributed by atoms with Gasteiger partial charge in [-0.1, -0.05) is 0 Å². The Kier molecular flexibility index (Phi) is 3.83. The van der Waals surface area contributed by atoms with Crippen LogP contribution < -0.4 is 4.90 Å². The second-order valence-electron chi connectivity index (χ2n) is 6.47. The molecule has 7 nitrogen and oxygen atoms in total. The van der Waals surface area contributed by atoms with Crippen LogP contribution in [0.3, 0.4) is 0 Å². The molecule has 128 valence electrons. The maximum atomic E-state index is 11.3. The highest BCUT2D eigenvalue weighted by Gasteiger charge is 2.24. The minimum atomic E-state index is -0.345. The summed E-state index contributed by atoms with van der Waals surface area (Å²) in [6.45, 7) is 1.81. The van der Waals surface area contributed by atoms with Crippen molar-refractivity contribution in [2.75, 3.05) is 18.0 Å². The predicted molar refractivity (Wildman–Crippen MR) is 95.8 cm³/mol. The van der Waals surface area contributed by atoms with Crippen molar-refractivity contribution in [2.45, 2.75) is 18.8 Å². The van der Waals surface area contributed by atoms with E-state index in [9.17, 15) is 10.1 Å². The van der Waals surface area contributed by atoms with E-state index >= 15 is 0 Å². The van der Waals surface area contributed by atoms with Gasteiger partial charge >= 0.3 is 0 Å². The van der Waals surface area contributed by atoms with E-state index in [1.165, 1.54) is 5.56 Å². The summed E-state index contributed by atoms with van der Waals surface area (Å²) in [7, 11) is 1.94. The van der Waals surface area contributed by atoms with Crippen LogP contribution in [-0.2, 0) is 7.05 Å².